The first kappa shape index (κ1) is 7.79. The highest BCUT2D eigenvalue weighted by atomic mass is 16.3. The Labute approximate surface area is 66.4 Å². The predicted molar refractivity (Wildman–Crippen MR) is 41.2 cm³/mol. The summed E-state index contributed by atoms with van der Waals surface area (Å²) >= 11 is 0. The van der Waals surface area contributed by atoms with Gasteiger partial charge in [0.2, 0.25) is 0 Å². The average molecular weight is 149 g/mol. The van der Waals surface area contributed by atoms with Crippen LogP contribution in [0.3, 0.4) is 0 Å². The highest BCUT2D eigenvalue weighted by Gasteiger charge is 1.96. The first-order chi connectivity index (χ1) is 5.22. The molecular formula is C9H11NO. The van der Waals surface area contributed by atoms with E-state index in [1.807, 2.05) is 32.0 Å². The zero-order chi connectivity index (χ0) is 8.27. The maximum Gasteiger partial charge on any atom is 0.173 e. The second-order valence-electron chi connectivity index (χ2n) is 2.59. The lowest BCUT2D eigenvalue weighted by atomic mass is 10.3. The molecule has 0 spiro atoms. The SMILES string of the molecule is CC(C)=C([O-])[n+]1ccccc1. The summed E-state index contributed by atoms with van der Waals surface area (Å²) in [5.74, 6) is 0.0469. The van der Waals surface area contributed by atoms with Crippen LogP contribution < -0.4 is 9.67 Å². The molecule has 0 unspecified atom stereocenters. The zero-order valence-electron chi connectivity index (χ0n) is 6.74. The van der Waals surface area contributed by atoms with Gasteiger partial charge in [-0.2, -0.15) is 4.57 Å². The van der Waals surface area contributed by atoms with Gasteiger partial charge in [0.25, 0.3) is 0 Å². The van der Waals surface area contributed by atoms with Crippen molar-refractivity contribution >= 4 is 5.88 Å². The van der Waals surface area contributed by atoms with E-state index >= 15 is 0 Å². The van der Waals surface area contributed by atoms with Crippen molar-refractivity contribution in [3.05, 3.63) is 36.2 Å². The quantitative estimate of drug-likeness (QED) is 0.423. The zero-order valence-corrected chi connectivity index (χ0v) is 6.74. The number of hydrogen-bond acceptors (Lipinski definition) is 1. The number of pyridine rings is 1. The number of aromatic nitrogens is 1. The van der Waals surface area contributed by atoms with Crippen LogP contribution in [-0.2, 0) is 0 Å². The summed E-state index contributed by atoms with van der Waals surface area (Å²) in [5, 5.41) is 11.3. The van der Waals surface area contributed by atoms with Gasteiger partial charge in [-0.25, -0.2) is 0 Å². The summed E-state index contributed by atoms with van der Waals surface area (Å²) in [4.78, 5) is 0. The second-order valence-corrected chi connectivity index (χ2v) is 2.59. The van der Waals surface area contributed by atoms with Gasteiger partial charge in [0.1, 0.15) is 5.88 Å². The first-order valence-electron chi connectivity index (χ1n) is 3.53. The molecular weight excluding hydrogens is 138 g/mol. The minimum Gasteiger partial charge on any atom is -0.823 e. The maximum atomic E-state index is 11.3. The van der Waals surface area contributed by atoms with Gasteiger partial charge in [0.05, 0.1) is 0 Å². The van der Waals surface area contributed by atoms with Gasteiger partial charge in [0.15, 0.2) is 12.4 Å². The highest BCUT2D eigenvalue weighted by Crippen LogP contribution is 1.92. The third-order valence-electron chi connectivity index (χ3n) is 1.38. The van der Waals surface area contributed by atoms with Crippen LogP contribution >= 0.6 is 0 Å². The summed E-state index contributed by atoms with van der Waals surface area (Å²) in [6, 6.07) is 5.55. The molecule has 0 amide bonds. The van der Waals surface area contributed by atoms with E-state index in [0.29, 0.717) is 0 Å². The fourth-order valence-corrected chi connectivity index (χ4v) is 0.792. The van der Waals surface area contributed by atoms with Gasteiger partial charge in [-0.1, -0.05) is 6.07 Å². The maximum absolute atomic E-state index is 11.3. The molecule has 11 heavy (non-hydrogen) atoms. The minimum absolute atomic E-state index is 0.0469. The van der Waals surface area contributed by atoms with Gasteiger partial charge in [0, 0.05) is 12.1 Å². The smallest absolute Gasteiger partial charge is 0.173 e. The molecule has 0 fully saturated rings. The van der Waals surface area contributed by atoms with Gasteiger partial charge in [-0.3, -0.25) is 0 Å². The molecule has 0 aromatic carbocycles. The van der Waals surface area contributed by atoms with Crippen molar-refractivity contribution in [2.45, 2.75) is 13.8 Å². The molecule has 1 rings (SSSR count). The third kappa shape index (κ3) is 1.80. The van der Waals surface area contributed by atoms with Crippen LogP contribution in [-0.4, -0.2) is 0 Å². The molecule has 1 aromatic rings. The van der Waals surface area contributed by atoms with Crippen molar-refractivity contribution in [2.24, 2.45) is 0 Å². The molecule has 0 radical (unpaired) electrons. The molecule has 0 aliphatic rings. The van der Waals surface area contributed by atoms with Crippen molar-refractivity contribution in [2.75, 3.05) is 0 Å². The van der Waals surface area contributed by atoms with Crippen LogP contribution in [0.4, 0.5) is 0 Å². The molecule has 0 aliphatic carbocycles. The molecule has 0 saturated carbocycles. The minimum atomic E-state index is 0.0469. The molecule has 2 nitrogen and oxygen atoms in total. The Bertz CT molecular complexity index is 260. The average Bonchev–Trinajstić information content (AvgIpc) is 2.05. The van der Waals surface area contributed by atoms with Crippen molar-refractivity contribution in [1.29, 1.82) is 0 Å². The van der Waals surface area contributed by atoms with Gasteiger partial charge in [-0.15, -0.1) is 0 Å². The van der Waals surface area contributed by atoms with Crippen molar-refractivity contribution < 1.29 is 9.67 Å². The van der Waals surface area contributed by atoms with E-state index in [1.165, 1.54) is 0 Å². The Morgan fingerprint density at radius 3 is 2.09 bits per heavy atom. The van der Waals surface area contributed by atoms with E-state index in [2.05, 4.69) is 0 Å². The molecule has 0 N–H and O–H groups in total. The third-order valence-corrected chi connectivity index (χ3v) is 1.38. The normalized spacial score (nSPS) is 9.27. The summed E-state index contributed by atoms with van der Waals surface area (Å²) < 4.78 is 1.56. The predicted octanol–water partition coefficient (Wildman–Crippen LogP) is 0.543. The fraction of sp³-hybridized carbons (Fsp3) is 0.222. The van der Waals surface area contributed by atoms with Gasteiger partial charge >= 0.3 is 0 Å². The summed E-state index contributed by atoms with van der Waals surface area (Å²) in [7, 11) is 0. The van der Waals surface area contributed by atoms with Crippen molar-refractivity contribution in [3.63, 3.8) is 0 Å². The highest BCUT2D eigenvalue weighted by molar-refractivity contribution is 5.24. The standard InChI is InChI=1S/C9H11NO/c1-8(2)9(11)10-6-4-3-5-7-10/h3-7H,1-2H3. The number of nitrogens with zero attached hydrogens (tertiary/aromatic N) is 1. The molecule has 1 aromatic heterocycles. The van der Waals surface area contributed by atoms with Crippen LogP contribution in [0.5, 0.6) is 0 Å². The molecule has 2 heteroatoms. The van der Waals surface area contributed by atoms with E-state index in [0.717, 1.165) is 5.57 Å². The Balaban J connectivity index is 3.04. The summed E-state index contributed by atoms with van der Waals surface area (Å²) in [6.45, 7) is 3.62. The molecule has 58 valence electrons. The van der Waals surface area contributed by atoms with E-state index in [4.69, 9.17) is 0 Å². The molecule has 1 heterocycles. The van der Waals surface area contributed by atoms with E-state index in [9.17, 15) is 5.11 Å². The Hall–Kier alpha value is -1.31. The number of hydrogen-bond donors (Lipinski definition) is 0. The molecule has 0 atom stereocenters. The Morgan fingerprint density at radius 2 is 1.64 bits per heavy atom. The largest absolute Gasteiger partial charge is 0.823 e. The van der Waals surface area contributed by atoms with Gasteiger partial charge < -0.3 is 5.11 Å². The number of allylic oxidation sites excluding steroid dienone is 1. The van der Waals surface area contributed by atoms with Crippen LogP contribution in [0, 0.1) is 0 Å². The Morgan fingerprint density at radius 1 is 1.09 bits per heavy atom. The van der Waals surface area contributed by atoms with Gasteiger partial charge in [-0.05, 0) is 19.4 Å². The van der Waals surface area contributed by atoms with Crippen LogP contribution in [0.15, 0.2) is 36.2 Å². The lowest BCUT2D eigenvalue weighted by Gasteiger charge is -2.05. The first-order valence-corrected chi connectivity index (χ1v) is 3.53. The van der Waals surface area contributed by atoms with Crippen molar-refractivity contribution in [3.8, 4) is 0 Å². The molecule has 0 bridgehead atoms. The fourth-order valence-electron chi connectivity index (χ4n) is 0.792. The molecule has 0 saturated heterocycles. The lowest BCUT2D eigenvalue weighted by Crippen LogP contribution is -2.38. The van der Waals surface area contributed by atoms with Crippen LogP contribution in [0.1, 0.15) is 13.8 Å². The molecule has 0 aliphatic heterocycles. The van der Waals surface area contributed by atoms with Crippen LogP contribution in [0.25, 0.3) is 5.88 Å². The summed E-state index contributed by atoms with van der Waals surface area (Å²) in [5.41, 5.74) is 0.793. The lowest BCUT2D eigenvalue weighted by molar-refractivity contribution is -0.652. The van der Waals surface area contributed by atoms with Crippen LogP contribution in [0.2, 0.25) is 0 Å². The monoisotopic (exact) mass is 149 g/mol. The summed E-state index contributed by atoms with van der Waals surface area (Å²) in [6.07, 6.45) is 3.49. The Kier molecular flexibility index (Phi) is 2.26. The second kappa shape index (κ2) is 3.19. The van der Waals surface area contributed by atoms with E-state index in [1.54, 1.807) is 17.0 Å². The van der Waals surface area contributed by atoms with E-state index in [-0.39, 0.29) is 5.88 Å². The van der Waals surface area contributed by atoms with Crippen molar-refractivity contribution in [1.82, 2.24) is 0 Å². The van der Waals surface area contributed by atoms with E-state index < -0.39 is 0 Å². The number of rotatable bonds is 1. The topological polar surface area (TPSA) is 26.9 Å².